The summed E-state index contributed by atoms with van der Waals surface area (Å²) in [6.45, 7) is 10.2. The summed E-state index contributed by atoms with van der Waals surface area (Å²) in [5.41, 5.74) is 3.76. The fraction of sp³-hybridized carbons (Fsp3) is 0.375. The maximum Gasteiger partial charge on any atom is 0.417 e. The molecule has 0 saturated carbocycles. The van der Waals surface area contributed by atoms with Gasteiger partial charge in [-0.2, -0.15) is 0 Å². The second-order valence-electron chi connectivity index (χ2n) is 11.2. The molecular weight excluding hydrogens is 553 g/mol. The van der Waals surface area contributed by atoms with E-state index < -0.39 is 23.4 Å². The highest BCUT2D eigenvalue weighted by atomic mass is 19.1. The minimum atomic E-state index is -0.793. The number of amides is 2. The van der Waals surface area contributed by atoms with Crippen LogP contribution in [-0.4, -0.2) is 55.2 Å². The lowest BCUT2D eigenvalue weighted by molar-refractivity contribution is 0.0248. The van der Waals surface area contributed by atoms with Gasteiger partial charge in [0.1, 0.15) is 22.9 Å². The number of ether oxygens (including phenoxy) is 2. The quantitative estimate of drug-likeness (QED) is 0.283. The van der Waals surface area contributed by atoms with E-state index in [0.717, 1.165) is 16.9 Å². The Kier molecular flexibility index (Phi) is 8.48. The van der Waals surface area contributed by atoms with Crippen LogP contribution >= 0.6 is 0 Å². The number of pyridine rings is 2. The number of aromatic nitrogens is 3. The van der Waals surface area contributed by atoms with Gasteiger partial charge in [0.05, 0.1) is 48.6 Å². The second kappa shape index (κ2) is 12.1. The number of rotatable bonds is 5. The van der Waals surface area contributed by atoms with Crippen LogP contribution in [0.4, 0.5) is 20.7 Å². The van der Waals surface area contributed by atoms with E-state index in [1.807, 2.05) is 26.0 Å². The molecule has 6 rings (SSSR count). The van der Waals surface area contributed by atoms with Gasteiger partial charge in [0, 0.05) is 30.4 Å². The van der Waals surface area contributed by atoms with Crippen LogP contribution in [0.1, 0.15) is 74.1 Å². The number of carbonyl (C=O) groups is 2. The van der Waals surface area contributed by atoms with Crippen molar-refractivity contribution in [2.24, 2.45) is 0 Å². The van der Waals surface area contributed by atoms with Crippen LogP contribution in [0.5, 0.6) is 0 Å². The maximum absolute atomic E-state index is 13.8. The predicted molar refractivity (Wildman–Crippen MR) is 160 cm³/mol. The van der Waals surface area contributed by atoms with Crippen molar-refractivity contribution in [3.8, 4) is 11.3 Å². The summed E-state index contributed by atoms with van der Waals surface area (Å²) >= 11 is 0. The van der Waals surface area contributed by atoms with Crippen LogP contribution in [0.3, 0.4) is 0 Å². The molecule has 0 spiro atoms. The Hall–Kier alpha value is -4.35. The van der Waals surface area contributed by atoms with Crippen molar-refractivity contribution in [3.05, 3.63) is 77.0 Å². The normalized spacial score (nSPS) is 16.2. The van der Waals surface area contributed by atoms with Gasteiger partial charge in [0.15, 0.2) is 0 Å². The number of aliphatic hydroxyl groups excluding tert-OH is 1. The zero-order chi connectivity index (χ0) is 30.9. The van der Waals surface area contributed by atoms with Crippen LogP contribution in [0.25, 0.3) is 16.9 Å². The fourth-order valence-electron chi connectivity index (χ4n) is 5.38. The van der Waals surface area contributed by atoms with E-state index in [-0.39, 0.29) is 19.1 Å². The summed E-state index contributed by atoms with van der Waals surface area (Å²) in [5, 5.41) is 13.3. The van der Waals surface area contributed by atoms with Gasteiger partial charge < -0.3 is 19.9 Å². The molecule has 2 aliphatic heterocycles. The van der Waals surface area contributed by atoms with Crippen LogP contribution in [0, 0.1) is 5.82 Å². The lowest BCUT2D eigenvalue weighted by atomic mass is 9.97. The number of carbonyl (C=O) groups excluding carboxylic acids is 2. The first-order chi connectivity index (χ1) is 20.6. The Morgan fingerprint density at radius 2 is 2.00 bits per heavy atom. The van der Waals surface area contributed by atoms with Crippen molar-refractivity contribution in [2.75, 3.05) is 18.5 Å². The van der Waals surface area contributed by atoms with E-state index in [1.165, 1.54) is 12.1 Å². The minimum Gasteiger partial charge on any atom is -0.443 e. The third-order valence-corrected chi connectivity index (χ3v) is 7.24. The molecule has 4 aromatic rings. The number of imidazole rings is 1. The van der Waals surface area contributed by atoms with Crippen LogP contribution in [0.2, 0.25) is 0 Å². The SMILES string of the molecule is CC.CC(C)(C)OC(=O)N1Cc2c(-c3cnc4cc(F)ccn34)ccc(Nc3ccc(C4CCOC4)c(CO)n3)c2C1=O. The third kappa shape index (κ3) is 5.95. The lowest BCUT2D eigenvalue weighted by Crippen LogP contribution is -2.37. The zero-order valence-electron chi connectivity index (χ0n) is 25.0. The first kappa shape index (κ1) is 30.1. The van der Waals surface area contributed by atoms with Gasteiger partial charge in [0.25, 0.3) is 5.91 Å². The fourth-order valence-corrected chi connectivity index (χ4v) is 5.38. The molecule has 2 aliphatic rings. The summed E-state index contributed by atoms with van der Waals surface area (Å²) in [5.74, 6) is -0.307. The van der Waals surface area contributed by atoms with E-state index in [0.29, 0.717) is 58.4 Å². The maximum atomic E-state index is 13.8. The lowest BCUT2D eigenvalue weighted by Gasteiger charge is -2.23. The van der Waals surface area contributed by atoms with Crippen molar-refractivity contribution in [1.29, 1.82) is 0 Å². The first-order valence-electron chi connectivity index (χ1n) is 14.4. The Morgan fingerprint density at radius 1 is 1.21 bits per heavy atom. The van der Waals surface area contributed by atoms with E-state index in [1.54, 1.807) is 49.7 Å². The molecule has 226 valence electrons. The Bertz CT molecular complexity index is 1670. The first-order valence-corrected chi connectivity index (χ1v) is 14.4. The molecule has 0 bridgehead atoms. The molecule has 1 aromatic carbocycles. The third-order valence-electron chi connectivity index (χ3n) is 7.24. The number of nitrogens with one attached hydrogen (secondary N) is 1. The molecule has 11 heteroatoms. The molecule has 0 radical (unpaired) electrons. The molecule has 1 unspecified atom stereocenters. The van der Waals surface area contributed by atoms with Gasteiger partial charge in [0.2, 0.25) is 0 Å². The van der Waals surface area contributed by atoms with Gasteiger partial charge in [-0.15, -0.1) is 0 Å². The van der Waals surface area contributed by atoms with E-state index in [2.05, 4.69) is 15.3 Å². The molecule has 1 fully saturated rings. The summed E-state index contributed by atoms with van der Waals surface area (Å²) in [7, 11) is 0. The highest BCUT2D eigenvalue weighted by molar-refractivity contribution is 6.11. The van der Waals surface area contributed by atoms with Gasteiger partial charge >= 0.3 is 6.09 Å². The molecule has 3 aromatic heterocycles. The number of fused-ring (bicyclic) bond motifs is 2. The largest absolute Gasteiger partial charge is 0.443 e. The summed E-state index contributed by atoms with van der Waals surface area (Å²) in [6.07, 6.45) is 3.30. The second-order valence-corrected chi connectivity index (χ2v) is 11.2. The Labute approximate surface area is 249 Å². The van der Waals surface area contributed by atoms with E-state index >= 15 is 0 Å². The number of hydrogen-bond acceptors (Lipinski definition) is 8. The molecule has 10 nitrogen and oxygen atoms in total. The smallest absolute Gasteiger partial charge is 0.417 e. The molecule has 2 amide bonds. The number of halogens is 1. The van der Waals surface area contributed by atoms with Gasteiger partial charge in [-0.3, -0.25) is 9.20 Å². The molecular formula is C32H36FN5O5. The number of hydrogen-bond donors (Lipinski definition) is 2. The average molecular weight is 590 g/mol. The van der Waals surface area contributed by atoms with Gasteiger partial charge in [-0.25, -0.2) is 24.1 Å². The topological polar surface area (TPSA) is 118 Å². The van der Waals surface area contributed by atoms with Crippen molar-refractivity contribution in [3.63, 3.8) is 0 Å². The standard InChI is InChI=1S/C30H30FN5O5.C2H6/c1-30(2,3)41-29(39)36-14-21-20(24-13-32-26-12-18(31)8-10-35(24)26)4-6-22(27(21)28(36)38)33-25-7-5-19(23(15-37)34-25)17-9-11-40-16-17;1-2/h4-8,10,12-13,17,37H,9,11,14-16H2,1-3H3,(H,33,34);1-2H3. The minimum absolute atomic E-state index is 0.0156. The highest BCUT2D eigenvalue weighted by Gasteiger charge is 2.39. The number of imide groups is 1. The molecule has 2 N–H and O–H groups in total. The molecule has 1 atom stereocenters. The summed E-state index contributed by atoms with van der Waals surface area (Å²) in [4.78, 5) is 36.8. The average Bonchev–Trinajstić information content (AvgIpc) is 3.73. The Morgan fingerprint density at radius 3 is 2.70 bits per heavy atom. The number of nitrogens with zero attached hydrogens (tertiary/aromatic N) is 4. The number of aliphatic hydroxyl groups is 1. The van der Waals surface area contributed by atoms with Crippen molar-refractivity contribution >= 4 is 29.2 Å². The van der Waals surface area contributed by atoms with E-state index in [9.17, 15) is 19.1 Å². The molecule has 5 heterocycles. The summed E-state index contributed by atoms with van der Waals surface area (Å²) in [6, 6.07) is 9.95. The monoisotopic (exact) mass is 589 g/mol. The van der Waals surface area contributed by atoms with Crippen molar-refractivity contribution in [2.45, 2.75) is 65.7 Å². The van der Waals surface area contributed by atoms with Crippen molar-refractivity contribution in [1.82, 2.24) is 19.3 Å². The Balaban J connectivity index is 0.00000180. The van der Waals surface area contributed by atoms with Gasteiger partial charge in [-0.1, -0.05) is 26.0 Å². The summed E-state index contributed by atoms with van der Waals surface area (Å²) < 4.78 is 26.6. The number of anilines is 2. The molecule has 1 saturated heterocycles. The van der Waals surface area contributed by atoms with Crippen molar-refractivity contribution < 1.29 is 28.6 Å². The molecule has 0 aliphatic carbocycles. The number of benzene rings is 1. The highest BCUT2D eigenvalue weighted by Crippen LogP contribution is 2.39. The molecule has 43 heavy (non-hydrogen) atoms. The van der Waals surface area contributed by atoms with Gasteiger partial charge in [-0.05, 0) is 56.5 Å². The zero-order valence-corrected chi connectivity index (χ0v) is 25.0. The van der Waals surface area contributed by atoms with Crippen LogP contribution < -0.4 is 5.32 Å². The predicted octanol–water partition coefficient (Wildman–Crippen LogP) is 6.19. The van der Waals surface area contributed by atoms with Crippen LogP contribution in [-0.2, 0) is 22.6 Å². The van der Waals surface area contributed by atoms with Crippen LogP contribution in [0.15, 0.2) is 48.8 Å². The van der Waals surface area contributed by atoms with E-state index in [4.69, 9.17) is 9.47 Å².